The Hall–Kier alpha value is -15.2. The normalized spacial score (nSPS) is 13.4. The van der Waals surface area contributed by atoms with Gasteiger partial charge >= 0.3 is 0 Å². The Kier molecular flexibility index (Phi) is 31.8. The summed E-state index contributed by atoms with van der Waals surface area (Å²) in [4.78, 5) is 0. The zero-order valence-electron chi connectivity index (χ0n) is 80.7. The predicted molar refractivity (Wildman–Crippen MR) is 534 cm³/mol. The molecule has 0 aliphatic heterocycles. The molecule has 0 radical (unpaired) electrons. The minimum absolute atomic E-state index is 0.127. The summed E-state index contributed by atoms with van der Waals surface area (Å²) < 4.78 is 115. The van der Waals surface area contributed by atoms with E-state index in [4.69, 9.17) is 94.7 Å². The van der Waals surface area contributed by atoms with Gasteiger partial charge in [0.05, 0.1) is 142 Å². The smallest absolute Gasteiger partial charge is 0.168 e. The minimum atomic E-state index is -0.127. The second-order valence-corrected chi connectivity index (χ2v) is 31.4. The van der Waals surface area contributed by atoms with Gasteiger partial charge in [-0.05, 0) is 111 Å². The highest BCUT2D eigenvalue weighted by atomic mass is 16.5. The molecule has 0 fully saturated rings. The Morgan fingerprint density at radius 2 is 0.313 bits per heavy atom. The Morgan fingerprint density at radius 1 is 0.142 bits per heavy atom. The van der Waals surface area contributed by atoms with E-state index in [2.05, 4.69) is 131 Å². The summed E-state index contributed by atoms with van der Waals surface area (Å²) >= 11 is 0. The van der Waals surface area contributed by atoms with Gasteiger partial charge in [0.2, 0.25) is 0 Å². The lowest BCUT2D eigenvalue weighted by atomic mass is 9.80. The molecule has 20 nitrogen and oxygen atoms in total. The standard InChI is InChI=1S/C40H48O8.C30H26O4.2C22H22O4/c1-21-25-13-27(35(43-7)17-33(25)41-5)22(2)29-15-31(39(47-11)19-37(29)45-9)24(4)32-16-30(38(46-10)20-40(32)48-12)23(3)28-14-26(21)34(42-6)18-36(28)44-8;1-31-25-17-9-15-23(29(25)33-3)27-19-11-5-7-13-21(19)28(22-14-8-6-12-20(22)27)24-16-10-18-26(32-2)30(24)34-4;1-23-19-12-6-10-17(21(19)25-3)15-8-5-9-16(14-15)18-11-7-13-20(24-2)22(18)26-4;1-23-19-13-7-11-17(21(19)25-3)15-9-5-6-10-16(15)18-12-8-14-20(24-2)22(18)26-4/h13-24H,1-12H3;5-18H,1-4H3;2*5-14H,1-4H3. The van der Waals surface area contributed by atoms with E-state index in [1.165, 1.54) is 0 Å². The third kappa shape index (κ3) is 18.9. The van der Waals surface area contributed by atoms with Crippen molar-refractivity contribution in [2.75, 3.05) is 142 Å². The molecule has 0 heterocycles. The van der Waals surface area contributed by atoms with Crippen LogP contribution in [0.1, 0.15) is 95.9 Å². The Morgan fingerprint density at radius 3 is 0.522 bits per heavy atom. The van der Waals surface area contributed by atoms with Gasteiger partial charge in [0, 0.05) is 137 Å². The molecule has 134 heavy (non-hydrogen) atoms. The van der Waals surface area contributed by atoms with Crippen molar-refractivity contribution in [2.24, 2.45) is 0 Å². The molecule has 0 aromatic heterocycles. The molecule has 0 spiro atoms. The second-order valence-electron chi connectivity index (χ2n) is 31.4. The zero-order valence-corrected chi connectivity index (χ0v) is 80.7. The summed E-state index contributed by atoms with van der Waals surface area (Å²) in [6, 6.07) is 85.3. The number of hydrogen-bond acceptors (Lipinski definition) is 20. The van der Waals surface area contributed by atoms with E-state index in [0.29, 0.717) is 69.0 Å². The van der Waals surface area contributed by atoms with Crippen LogP contribution < -0.4 is 94.7 Å². The van der Waals surface area contributed by atoms with Crippen LogP contribution in [0.2, 0.25) is 0 Å². The maximum Gasteiger partial charge on any atom is 0.168 e. The highest BCUT2D eigenvalue weighted by molar-refractivity contribution is 6.22. The van der Waals surface area contributed by atoms with Crippen molar-refractivity contribution in [3.63, 3.8) is 0 Å². The molecule has 0 N–H and O–H groups in total. The van der Waals surface area contributed by atoms with Crippen molar-refractivity contribution in [1.82, 2.24) is 0 Å². The summed E-state index contributed by atoms with van der Waals surface area (Å²) in [6.45, 7) is 8.67. The highest BCUT2D eigenvalue weighted by Crippen LogP contribution is 2.55. The summed E-state index contributed by atoms with van der Waals surface area (Å²) in [6.07, 6.45) is 0. The van der Waals surface area contributed by atoms with Crippen molar-refractivity contribution in [3.8, 4) is 182 Å². The Balaban J connectivity index is 0.000000157. The van der Waals surface area contributed by atoms with Crippen molar-refractivity contribution in [1.29, 1.82) is 0 Å². The van der Waals surface area contributed by atoms with Gasteiger partial charge in [-0.15, -0.1) is 0 Å². The molecule has 0 saturated carbocycles. The molecule has 1 aliphatic carbocycles. The molecule has 694 valence electrons. The zero-order chi connectivity index (χ0) is 95.6. The van der Waals surface area contributed by atoms with Gasteiger partial charge < -0.3 is 94.7 Å². The quantitative estimate of drug-likeness (QED) is 0.0466. The number of fused-ring (bicyclic) bond motifs is 10. The van der Waals surface area contributed by atoms with E-state index in [9.17, 15) is 0 Å². The third-order valence-corrected chi connectivity index (χ3v) is 24.9. The van der Waals surface area contributed by atoms with Gasteiger partial charge in [-0.1, -0.05) is 191 Å². The number of hydrogen-bond donors (Lipinski definition) is 0. The first-order chi connectivity index (χ1) is 65.3. The number of methoxy groups -OCH3 is 20. The highest BCUT2D eigenvalue weighted by Gasteiger charge is 2.33. The lowest BCUT2D eigenvalue weighted by Gasteiger charge is -2.28. The summed E-state index contributed by atoms with van der Waals surface area (Å²) in [5.74, 6) is 13.7. The van der Waals surface area contributed by atoms with Crippen LogP contribution in [0.5, 0.6) is 115 Å². The monoisotopic (exact) mass is 1810 g/mol. The van der Waals surface area contributed by atoms with E-state index in [1.807, 2.05) is 152 Å². The maximum atomic E-state index is 5.99. The van der Waals surface area contributed by atoms with Crippen LogP contribution >= 0.6 is 0 Å². The van der Waals surface area contributed by atoms with E-state index in [-0.39, 0.29) is 23.7 Å². The van der Waals surface area contributed by atoms with Crippen LogP contribution in [0.25, 0.3) is 88.3 Å². The van der Waals surface area contributed by atoms with Gasteiger partial charge in [-0.3, -0.25) is 0 Å². The number of rotatable bonds is 26. The molecule has 0 unspecified atom stereocenters. The molecule has 15 aromatic carbocycles. The molecule has 16 rings (SSSR count). The fourth-order valence-electron chi connectivity index (χ4n) is 18.3. The SMILES string of the molecule is COc1cc(OC)c2cc1C(C)c1cc(c(OC)cc1OC)C(C)c1cc(c(OC)cc1OC)C(C)c1cc(c(OC)cc1OC)C2C.COc1cccc(-c2c3ccccc3c(-c3cccc(OC)c3OC)c3ccccc23)c1OC.COc1cccc(-c2cccc(-c3cccc(OC)c3OC)c2)c1OC.COc1cccc(-c2ccccc2-c2cccc(OC)c2OC)c1OC. The van der Waals surface area contributed by atoms with Crippen LogP contribution in [0.15, 0.2) is 255 Å². The average molecular weight is 1810 g/mol. The topological polar surface area (TPSA) is 185 Å². The summed E-state index contributed by atoms with van der Waals surface area (Å²) in [5.41, 5.74) is 20.1. The molecule has 0 amide bonds. The Bertz CT molecular complexity index is 5970. The molecule has 1 aliphatic rings. The first-order valence-corrected chi connectivity index (χ1v) is 43.8. The van der Waals surface area contributed by atoms with Crippen molar-refractivity contribution < 1.29 is 94.7 Å². The largest absolute Gasteiger partial charge is 0.496 e. The fraction of sp³-hybridized carbons (Fsp3) is 0.246. The predicted octanol–water partition coefficient (Wildman–Crippen LogP) is 26.1. The van der Waals surface area contributed by atoms with Gasteiger partial charge in [-0.25, -0.2) is 0 Å². The third-order valence-electron chi connectivity index (χ3n) is 24.9. The van der Waals surface area contributed by atoms with Crippen molar-refractivity contribution in [3.05, 3.63) is 299 Å². The minimum Gasteiger partial charge on any atom is -0.496 e. The lowest BCUT2D eigenvalue weighted by Crippen LogP contribution is -2.11. The molecule has 15 aromatic rings. The average Bonchev–Trinajstić information content (AvgIpc) is 0.727. The number of para-hydroxylation sites is 6. The summed E-state index contributed by atoms with van der Waals surface area (Å²) in [7, 11) is 33.3. The lowest BCUT2D eigenvalue weighted by molar-refractivity contribution is 0.356. The first-order valence-electron chi connectivity index (χ1n) is 43.8. The van der Waals surface area contributed by atoms with Crippen LogP contribution in [0, 0.1) is 0 Å². The molecular formula is C114H118O20. The van der Waals surface area contributed by atoms with Gasteiger partial charge in [-0.2, -0.15) is 0 Å². The van der Waals surface area contributed by atoms with Crippen molar-refractivity contribution >= 4 is 21.5 Å². The van der Waals surface area contributed by atoms with E-state index < -0.39 is 0 Å². The van der Waals surface area contributed by atoms with Crippen LogP contribution in [-0.4, -0.2) is 142 Å². The van der Waals surface area contributed by atoms with Crippen LogP contribution in [-0.2, 0) is 0 Å². The maximum absolute atomic E-state index is 5.99. The molecule has 8 bridgehead atoms. The van der Waals surface area contributed by atoms with E-state index >= 15 is 0 Å². The van der Waals surface area contributed by atoms with Crippen LogP contribution in [0.3, 0.4) is 0 Å². The van der Waals surface area contributed by atoms with Gasteiger partial charge in [0.1, 0.15) is 46.0 Å². The van der Waals surface area contributed by atoms with Crippen LogP contribution in [0.4, 0.5) is 0 Å². The molecule has 0 atom stereocenters. The number of ether oxygens (including phenoxy) is 20. The number of benzene rings is 15. The van der Waals surface area contributed by atoms with E-state index in [1.54, 1.807) is 142 Å². The van der Waals surface area contributed by atoms with E-state index in [0.717, 1.165) is 179 Å². The van der Waals surface area contributed by atoms with Gasteiger partial charge in [0.25, 0.3) is 0 Å². The first kappa shape index (κ1) is 96.4. The fourth-order valence-corrected chi connectivity index (χ4v) is 18.3. The second kappa shape index (κ2) is 44.2. The molecule has 0 saturated heterocycles. The Labute approximate surface area is 786 Å². The van der Waals surface area contributed by atoms with Crippen molar-refractivity contribution in [2.45, 2.75) is 51.4 Å². The van der Waals surface area contributed by atoms with Gasteiger partial charge in [0.15, 0.2) is 69.0 Å². The summed E-state index contributed by atoms with van der Waals surface area (Å²) in [5, 5.41) is 4.47. The molecule has 20 heteroatoms. The molecular weight excluding hydrogens is 1690 g/mol.